The largest absolute Gasteiger partial charge is 0.389 e. The van der Waals surface area contributed by atoms with Crippen LogP contribution in [0.5, 0.6) is 0 Å². The second-order valence-electron chi connectivity index (χ2n) is 6.10. The molecular weight excluding hydrogens is 280 g/mol. The Morgan fingerprint density at radius 3 is 2.43 bits per heavy atom. The number of ether oxygens (including phenoxy) is 2. The molecule has 0 saturated carbocycles. The lowest BCUT2D eigenvalue weighted by molar-refractivity contribution is -0.0905. The van der Waals surface area contributed by atoms with Crippen LogP contribution >= 0.6 is 0 Å². The van der Waals surface area contributed by atoms with E-state index in [2.05, 4.69) is 43.2 Å². The maximum absolute atomic E-state index is 10.3. The van der Waals surface area contributed by atoms with E-state index < -0.39 is 20.3 Å². The molecule has 0 heterocycles. The number of hydrogen-bond donors (Lipinski definition) is 1. The summed E-state index contributed by atoms with van der Waals surface area (Å²) in [4.78, 5) is 0. The minimum absolute atomic E-state index is 0.146. The molecule has 0 bridgehead atoms. The van der Waals surface area contributed by atoms with Crippen molar-refractivity contribution in [1.82, 2.24) is 0 Å². The Kier molecular flexibility index (Phi) is 7.69. The molecule has 3 nitrogen and oxygen atoms in total. The Morgan fingerprint density at radius 2 is 1.86 bits per heavy atom. The number of benzene rings is 1. The molecule has 0 saturated heterocycles. The third-order valence-electron chi connectivity index (χ3n) is 2.88. The van der Waals surface area contributed by atoms with Crippen molar-refractivity contribution >= 4 is 8.07 Å². The molecule has 1 aromatic carbocycles. The number of aliphatic hydroxyl groups excluding tert-OH is 1. The quantitative estimate of drug-likeness (QED) is 0.478. The van der Waals surface area contributed by atoms with Gasteiger partial charge in [-0.05, 0) is 18.4 Å². The van der Waals surface area contributed by atoms with Crippen molar-refractivity contribution in [1.29, 1.82) is 0 Å². The predicted octanol–water partition coefficient (Wildman–Crippen LogP) is 2.85. The van der Waals surface area contributed by atoms with E-state index >= 15 is 0 Å². The average molecular weight is 306 g/mol. The summed E-state index contributed by atoms with van der Waals surface area (Å²) < 4.78 is 10.4. The van der Waals surface area contributed by atoms with Gasteiger partial charge >= 0.3 is 0 Å². The van der Waals surface area contributed by atoms with Gasteiger partial charge in [0.15, 0.2) is 0 Å². The van der Waals surface area contributed by atoms with E-state index in [4.69, 9.17) is 9.47 Å². The van der Waals surface area contributed by atoms with Crippen molar-refractivity contribution in [2.24, 2.45) is 0 Å². The zero-order chi connectivity index (χ0) is 15.7. The molecule has 116 valence electrons. The molecule has 1 aromatic rings. The first-order valence-electron chi connectivity index (χ1n) is 7.27. The number of aryl methyl sites for hydroxylation is 1. The van der Waals surface area contributed by atoms with Crippen molar-refractivity contribution in [3.05, 3.63) is 35.9 Å². The lowest BCUT2D eigenvalue weighted by atomic mass is 10.0. The first-order chi connectivity index (χ1) is 9.92. The summed E-state index contributed by atoms with van der Waals surface area (Å²) in [7, 11) is 0.0838. The first-order valence-corrected chi connectivity index (χ1v) is 10.8. The molecule has 4 heteroatoms. The van der Waals surface area contributed by atoms with Crippen molar-refractivity contribution in [3.63, 3.8) is 0 Å². The number of rotatable bonds is 7. The Morgan fingerprint density at radius 1 is 1.19 bits per heavy atom. The first kappa shape index (κ1) is 17.9. The van der Waals surface area contributed by atoms with Crippen LogP contribution in [0.1, 0.15) is 12.0 Å². The zero-order valence-electron chi connectivity index (χ0n) is 13.4. The summed E-state index contributed by atoms with van der Waals surface area (Å²) in [5.41, 5.74) is 4.47. The molecule has 0 radical (unpaired) electrons. The van der Waals surface area contributed by atoms with Gasteiger partial charge in [-0.15, -0.1) is 5.54 Å². The summed E-state index contributed by atoms with van der Waals surface area (Å²) in [5.74, 6) is 3.09. The van der Waals surface area contributed by atoms with Gasteiger partial charge < -0.3 is 14.6 Å². The van der Waals surface area contributed by atoms with Crippen molar-refractivity contribution < 1.29 is 14.6 Å². The summed E-state index contributed by atoms with van der Waals surface area (Å²) in [5, 5.41) is 10.3. The third kappa shape index (κ3) is 8.03. The Balaban J connectivity index is 2.61. The van der Waals surface area contributed by atoms with Gasteiger partial charge in [-0.2, -0.15) is 0 Å². The highest BCUT2D eigenvalue weighted by molar-refractivity contribution is 6.83. The standard InChI is InChI=1S/C17H26O3Si/c1-19-14-20-17(12-13-21(2,3)4)16(18)11-10-15-8-6-5-7-9-15/h5-9,16-18H,10-11,14H2,1-4H3/t16-,17+/m1/s1. The van der Waals surface area contributed by atoms with Crippen LogP contribution in [-0.2, 0) is 15.9 Å². The second-order valence-corrected chi connectivity index (χ2v) is 10.9. The maximum atomic E-state index is 10.3. The maximum Gasteiger partial charge on any atom is 0.148 e. The fraction of sp³-hybridized carbons (Fsp3) is 0.529. The Hall–Kier alpha value is -1.12. The molecule has 0 unspecified atom stereocenters. The van der Waals surface area contributed by atoms with Crippen LogP contribution in [-0.4, -0.2) is 39.3 Å². The van der Waals surface area contributed by atoms with E-state index in [0.717, 1.165) is 6.42 Å². The summed E-state index contributed by atoms with van der Waals surface area (Å²) in [6, 6.07) is 10.1. The van der Waals surface area contributed by atoms with E-state index in [9.17, 15) is 5.11 Å². The zero-order valence-corrected chi connectivity index (χ0v) is 14.4. The van der Waals surface area contributed by atoms with Gasteiger partial charge in [-0.1, -0.05) is 55.9 Å². The number of hydrogen-bond acceptors (Lipinski definition) is 3. The molecule has 0 fully saturated rings. The molecule has 0 aliphatic carbocycles. The Labute approximate surface area is 129 Å². The number of methoxy groups -OCH3 is 1. The minimum atomic E-state index is -1.48. The molecular formula is C17H26O3Si. The lowest BCUT2D eigenvalue weighted by Crippen LogP contribution is -2.30. The molecule has 0 spiro atoms. The van der Waals surface area contributed by atoms with E-state index in [-0.39, 0.29) is 6.79 Å². The van der Waals surface area contributed by atoms with Crippen LogP contribution < -0.4 is 0 Å². The second kappa shape index (κ2) is 9.01. The van der Waals surface area contributed by atoms with Gasteiger partial charge in [0, 0.05) is 7.11 Å². The van der Waals surface area contributed by atoms with Crippen molar-refractivity contribution in [3.8, 4) is 11.5 Å². The molecule has 1 rings (SSSR count). The van der Waals surface area contributed by atoms with Crippen LogP contribution in [0.25, 0.3) is 0 Å². The van der Waals surface area contributed by atoms with Gasteiger partial charge in [0.25, 0.3) is 0 Å². The highest BCUT2D eigenvalue weighted by Crippen LogP contribution is 2.10. The topological polar surface area (TPSA) is 38.7 Å². The fourth-order valence-electron chi connectivity index (χ4n) is 1.79. The summed E-state index contributed by atoms with van der Waals surface area (Å²) in [6.45, 7) is 6.66. The molecule has 2 atom stereocenters. The summed E-state index contributed by atoms with van der Waals surface area (Å²) in [6.07, 6.45) is 0.340. The van der Waals surface area contributed by atoms with E-state index in [0.29, 0.717) is 6.42 Å². The molecule has 0 aromatic heterocycles. The van der Waals surface area contributed by atoms with Crippen molar-refractivity contribution in [2.75, 3.05) is 13.9 Å². The molecule has 0 aliphatic heterocycles. The van der Waals surface area contributed by atoms with E-state index in [1.165, 1.54) is 5.56 Å². The highest BCUT2D eigenvalue weighted by Gasteiger charge is 2.18. The highest BCUT2D eigenvalue weighted by atomic mass is 28.3. The third-order valence-corrected chi connectivity index (χ3v) is 3.77. The smallest absolute Gasteiger partial charge is 0.148 e. The fourth-order valence-corrected chi connectivity index (χ4v) is 2.36. The summed E-state index contributed by atoms with van der Waals surface area (Å²) >= 11 is 0. The van der Waals surface area contributed by atoms with E-state index in [1.54, 1.807) is 7.11 Å². The molecule has 0 aliphatic rings. The van der Waals surface area contributed by atoms with Gasteiger partial charge in [0.05, 0.1) is 6.10 Å². The lowest BCUT2D eigenvalue weighted by Gasteiger charge is -2.19. The van der Waals surface area contributed by atoms with E-state index in [1.807, 2.05) is 18.2 Å². The average Bonchev–Trinajstić information content (AvgIpc) is 2.45. The normalized spacial score (nSPS) is 14.1. The van der Waals surface area contributed by atoms with Gasteiger partial charge in [0.2, 0.25) is 0 Å². The molecule has 21 heavy (non-hydrogen) atoms. The minimum Gasteiger partial charge on any atom is -0.389 e. The van der Waals surface area contributed by atoms with Crippen LogP contribution in [0, 0.1) is 11.5 Å². The van der Waals surface area contributed by atoms with Crippen LogP contribution in [0.2, 0.25) is 19.6 Å². The molecule has 1 N–H and O–H groups in total. The number of aliphatic hydroxyl groups is 1. The van der Waals surface area contributed by atoms with Crippen LogP contribution in [0.15, 0.2) is 30.3 Å². The van der Waals surface area contributed by atoms with Gasteiger partial charge in [0.1, 0.15) is 21.0 Å². The Bertz CT molecular complexity index is 456. The van der Waals surface area contributed by atoms with Crippen LogP contribution in [0.4, 0.5) is 0 Å². The van der Waals surface area contributed by atoms with Crippen molar-refractivity contribution in [2.45, 2.75) is 44.7 Å². The van der Waals surface area contributed by atoms with Gasteiger partial charge in [-0.3, -0.25) is 0 Å². The predicted molar refractivity (Wildman–Crippen MR) is 88.6 cm³/mol. The SMILES string of the molecule is COCO[C@@H](C#C[Si](C)(C)C)[C@H](O)CCc1ccccc1. The molecule has 0 amide bonds. The monoisotopic (exact) mass is 306 g/mol. The van der Waals surface area contributed by atoms with Gasteiger partial charge in [-0.25, -0.2) is 0 Å². The van der Waals surface area contributed by atoms with Crippen LogP contribution in [0.3, 0.4) is 0 Å².